The van der Waals surface area contributed by atoms with Crippen molar-refractivity contribution in [3.05, 3.63) is 35.9 Å². The van der Waals surface area contributed by atoms with Crippen LogP contribution in [0.15, 0.2) is 30.3 Å². The van der Waals surface area contributed by atoms with Gasteiger partial charge in [-0.1, -0.05) is 30.3 Å². The summed E-state index contributed by atoms with van der Waals surface area (Å²) in [5.74, 6) is -1.36. The summed E-state index contributed by atoms with van der Waals surface area (Å²) in [6, 6.07) is 9.42. The minimum Gasteiger partial charge on any atom is -0.328 e. The molecular weight excluding hydrogens is 434 g/mol. The number of hydrogen-bond donors (Lipinski definition) is 1. The van der Waals surface area contributed by atoms with Gasteiger partial charge in [0.2, 0.25) is 0 Å². The molecule has 5 nitrogen and oxygen atoms in total. The quantitative estimate of drug-likeness (QED) is 0.703. The van der Waals surface area contributed by atoms with E-state index >= 15 is 8.78 Å². The molecule has 2 aliphatic carbocycles. The predicted molar refractivity (Wildman–Crippen MR) is 130 cm³/mol. The molecule has 7 heteroatoms. The van der Waals surface area contributed by atoms with E-state index in [0.29, 0.717) is 43.3 Å². The van der Waals surface area contributed by atoms with E-state index in [9.17, 15) is 4.79 Å². The fourth-order valence-electron chi connectivity index (χ4n) is 7.02. The molecule has 0 radical (unpaired) electrons. The van der Waals surface area contributed by atoms with E-state index in [1.54, 1.807) is 0 Å². The molecule has 0 aromatic heterocycles. The van der Waals surface area contributed by atoms with Crippen molar-refractivity contribution in [2.75, 3.05) is 39.3 Å². The molecule has 4 aliphatic rings. The number of rotatable bonds is 4. The summed E-state index contributed by atoms with van der Waals surface area (Å²) >= 11 is 0. The monoisotopic (exact) mass is 474 g/mol. The number of benzene rings is 1. The first-order valence-corrected chi connectivity index (χ1v) is 13.3. The Kier molecular flexibility index (Phi) is 6.86. The number of amides is 2. The molecule has 188 valence electrons. The van der Waals surface area contributed by atoms with E-state index in [4.69, 9.17) is 0 Å². The van der Waals surface area contributed by atoms with Crippen LogP contribution in [0.25, 0.3) is 0 Å². The summed E-state index contributed by atoms with van der Waals surface area (Å²) < 4.78 is 30.3. The smallest absolute Gasteiger partial charge is 0.317 e. The largest absolute Gasteiger partial charge is 0.328 e. The predicted octanol–water partition coefficient (Wildman–Crippen LogP) is 4.40. The number of nitrogens with zero attached hydrogens (tertiary/aromatic N) is 3. The van der Waals surface area contributed by atoms with Crippen molar-refractivity contribution in [2.24, 2.45) is 11.8 Å². The lowest BCUT2D eigenvalue weighted by atomic mass is 9.85. The third-order valence-electron chi connectivity index (χ3n) is 8.99. The molecular formula is C27H40F2N4O. The first-order chi connectivity index (χ1) is 16.3. The van der Waals surface area contributed by atoms with Crippen LogP contribution in [0.4, 0.5) is 13.6 Å². The Balaban J connectivity index is 1.20. The number of piperazine rings is 1. The van der Waals surface area contributed by atoms with Gasteiger partial charge in [0.15, 0.2) is 0 Å². The first-order valence-electron chi connectivity index (χ1n) is 13.3. The molecule has 0 spiro atoms. The maximum Gasteiger partial charge on any atom is 0.317 e. The van der Waals surface area contributed by atoms with Crippen molar-refractivity contribution in [3.8, 4) is 0 Å². The fraction of sp³-hybridized carbons (Fsp3) is 0.741. The van der Waals surface area contributed by atoms with Crippen LogP contribution < -0.4 is 5.32 Å². The number of carbonyl (C=O) groups is 1. The second-order valence-electron chi connectivity index (χ2n) is 11.3. The lowest BCUT2D eigenvalue weighted by molar-refractivity contribution is -0.0971. The number of carbonyl (C=O) groups excluding carboxylic acids is 1. The molecule has 2 amide bonds. The van der Waals surface area contributed by atoms with Crippen molar-refractivity contribution in [1.82, 2.24) is 20.0 Å². The number of hydrogen-bond acceptors (Lipinski definition) is 3. The molecule has 2 saturated carbocycles. The number of alkyl halides is 2. The van der Waals surface area contributed by atoms with Crippen molar-refractivity contribution >= 4 is 6.03 Å². The van der Waals surface area contributed by atoms with Gasteiger partial charge in [0.05, 0.1) is 0 Å². The van der Waals surface area contributed by atoms with Gasteiger partial charge in [-0.25, -0.2) is 13.6 Å². The van der Waals surface area contributed by atoms with Crippen molar-refractivity contribution < 1.29 is 13.6 Å². The van der Waals surface area contributed by atoms with Crippen LogP contribution in [0.1, 0.15) is 57.4 Å². The zero-order valence-corrected chi connectivity index (χ0v) is 20.6. The molecule has 1 aromatic rings. The normalized spacial score (nSPS) is 34.4. The number of halogens is 2. The lowest BCUT2D eigenvalue weighted by Gasteiger charge is -2.47. The minimum atomic E-state index is -2.86. The van der Waals surface area contributed by atoms with Crippen LogP contribution in [0.2, 0.25) is 0 Å². The highest BCUT2D eigenvalue weighted by molar-refractivity contribution is 5.75. The van der Waals surface area contributed by atoms with E-state index in [1.165, 1.54) is 5.56 Å². The summed E-state index contributed by atoms with van der Waals surface area (Å²) in [6.07, 6.45) is 3.28. The summed E-state index contributed by atoms with van der Waals surface area (Å²) in [5, 5.41) is 2.85. The van der Waals surface area contributed by atoms with E-state index in [1.807, 2.05) is 11.0 Å². The zero-order chi connectivity index (χ0) is 23.9. The third-order valence-corrected chi connectivity index (χ3v) is 8.99. The molecule has 5 atom stereocenters. The van der Waals surface area contributed by atoms with Crippen molar-refractivity contribution in [3.63, 3.8) is 0 Å². The number of fused-ring (bicyclic) bond motifs is 1. The molecule has 5 rings (SSSR count). The van der Waals surface area contributed by atoms with E-state index in [0.717, 1.165) is 45.4 Å². The fourth-order valence-corrected chi connectivity index (χ4v) is 7.02. The standard InChI is InChI=1S/C27H40F2N4O/c1-19(2)31-11-13-32(14-12-31)24-9-6-10-27(28,29)25(24)30-26(34)33-17-22-15-21(16-23(22)18-33)20-7-4-3-5-8-20/h3-5,7-8,19,21-25H,6,9-18H2,1-2H3,(H,30,34)/t21-,22+,23-,24-,25+/m0/s1. The summed E-state index contributed by atoms with van der Waals surface area (Å²) in [6.45, 7) is 9.13. The first kappa shape index (κ1) is 24.0. The molecule has 0 unspecified atom stereocenters. The van der Waals surface area contributed by atoms with E-state index in [-0.39, 0.29) is 18.5 Å². The topological polar surface area (TPSA) is 38.8 Å². The molecule has 1 N–H and O–H groups in total. The molecule has 2 heterocycles. The Morgan fingerprint density at radius 3 is 2.29 bits per heavy atom. The molecule has 2 saturated heterocycles. The molecule has 0 bridgehead atoms. The molecule has 2 aliphatic heterocycles. The Bertz CT molecular complexity index is 828. The zero-order valence-electron chi connectivity index (χ0n) is 20.6. The Morgan fingerprint density at radius 2 is 1.68 bits per heavy atom. The highest BCUT2D eigenvalue weighted by Crippen LogP contribution is 2.46. The molecule has 4 fully saturated rings. The van der Waals surface area contributed by atoms with Crippen LogP contribution in [-0.2, 0) is 0 Å². The SMILES string of the molecule is CC(C)N1CCN([C@H]2CCCC(F)(F)[C@@H]2NC(=O)N2C[C@H]3C[C@H](c4ccccc4)C[C@H]3C2)CC1. The van der Waals surface area contributed by atoms with E-state index in [2.05, 4.69) is 53.2 Å². The van der Waals surface area contributed by atoms with Crippen molar-refractivity contribution in [1.29, 1.82) is 0 Å². The highest BCUT2D eigenvalue weighted by Gasteiger charge is 2.51. The van der Waals surface area contributed by atoms with Gasteiger partial charge in [0.1, 0.15) is 6.04 Å². The second-order valence-corrected chi connectivity index (χ2v) is 11.3. The Labute approximate surface area is 202 Å². The van der Waals surface area contributed by atoms with Gasteiger partial charge in [-0.05, 0) is 62.8 Å². The highest BCUT2D eigenvalue weighted by atomic mass is 19.3. The van der Waals surface area contributed by atoms with Crippen LogP contribution in [0.5, 0.6) is 0 Å². The second kappa shape index (κ2) is 9.73. The lowest BCUT2D eigenvalue weighted by Crippen LogP contribution is -2.65. The maximum atomic E-state index is 15.1. The Hall–Kier alpha value is -1.73. The summed E-state index contributed by atoms with van der Waals surface area (Å²) in [7, 11) is 0. The van der Waals surface area contributed by atoms with Crippen LogP contribution in [0, 0.1) is 11.8 Å². The van der Waals surface area contributed by atoms with Gasteiger partial charge in [-0.3, -0.25) is 9.80 Å². The van der Waals surface area contributed by atoms with Gasteiger partial charge in [0, 0.05) is 57.8 Å². The number of nitrogens with one attached hydrogen (secondary N) is 1. The molecule has 34 heavy (non-hydrogen) atoms. The Morgan fingerprint density at radius 1 is 1.03 bits per heavy atom. The minimum absolute atomic E-state index is 0.135. The average molecular weight is 475 g/mol. The van der Waals surface area contributed by atoms with Crippen LogP contribution in [0.3, 0.4) is 0 Å². The number of likely N-dealkylation sites (tertiary alicyclic amines) is 1. The van der Waals surface area contributed by atoms with Crippen LogP contribution >= 0.6 is 0 Å². The van der Waals surface area contributed by atoms with E-state index < -0.39 is 12.0 Å². The van der Waals surface area contributed by atoms with Gasteiger partial charge < -0.3 is 10.2 Å². The van der Waals surface area contributed by atoms with Gasteiger partial charge in [-0.2, -0.15) is 0 Å². The van der Waals surface area contributed by atoms with Crippen molar-refractivity contribution in [2.45, 2.75) is 75.9 Å². The van der Waals surface area contributed by atoms with Gasteiger partial charge in [0.25, 0.3) is 5.92 Å². The summed E-state index contributed by atoms with van der Waals surface area (Å²) in [4.78, 5) is 19.6. The summed E-state index contributed by atoms with van der Waals surface area (Å²) in [5.41, 5.74) is 1.38. The average Bonchev–Trinajstić information content (AvgIpc) is 3.40. The maximum absolute atomic E-state index is 15.1. The van der Waals surface area contributed by atoms with Crippen LogP contribution in [-0.4, -0.2) is 84.0 Å². The third kappa shape index (κ3) is 4.83. The van der Waals surface area contributed by atoms with Gasteiger partial charge >= 0.3 is 6.03 Å². The number of urea groups is 1. The van der Waals surface area contributed by atoms with Gasteiger partial charge in [-0.15, -0.1) is 0 Å². The molecule has 1 aromatic carbocycles.